The van der Waals surface area contributed by atoms with Crippen LogP contribution < -0.4 is 5.73 Å². The lowest BCUT2D eigenvalue weighted by Crippen LogP contribution is -2.49. The summed E-state index contributed by atoms with van der Waals surface area (Å²) in [6.45, 7) is 8.02. The second-order valence-corrected chi connectivity index (χ2v) is 5.21. The van der Waals surface area contributed by atoms with Crippen molar-refractivity contribution < 1.29 is 4.79 Å². The summed E-state index contributed by atoms with van der Waals surface area (Å²) < 4.78 is 0. The zero-order valence-corrected chi connectivity index (χ0v) is 11.0. The average Bonchev–Trinajstić information content (AvgIpc) is 2.59. The van der Waals surface area contributed by atoms with Gasteiger partial charge in [-0.25, -0.2) is 0 Å². The van der Waals surface area contributed by atoms with Gasteiger partial charge in [0.15, 0.2) is 0 Å². The van der Waals surface area contributed by atoms with Crippen LogP contribution in [0.5, 0.6) is 0 Å². The zero-order chi connectivity index (χ0) is 12.2. The van der Waals surface area contributed by atoms with Crippen LogP contribution in [-0.4, -0.2) is 29.9 Å². The average molecular weight is 226 g/mol. The van der Waals surface area contributed by atoms with Crippen LogP contribution in [0.1, 0.15) is 52.9 Å². The Morgan fingerprint density at radius 1 is 1.38 bits per heavy atom. The van der Waals surface area contributed by atoms with Crippen LogP contribution in [0.15, 0.2) is 0 Å². The third-order valence-corrected chi connectivity index (χ3v) is 3.79. The Bertz CT molecular complexity index is 236. The fraction of sp³-hybridized carbons (Fsp3) is 0.923. The van der Waals surface area contributed by atoms with E-state index in [9.17, 15) is 4.79 Å². The predicted molar refractivity (Wildman–Crippen MR) is 67.1 cm³/mol. The molecule has 0 aromatic heterocycles. The maximum Gasteiger partial charge on any atom is 0.230 e. The summed E-state index contributed by atoms with van der Waals surface area (Å²) in [5, 5.41) is 0. The molecule has 0 radical (unpaired) electrons. The second kappa shape index (κ2) is 5.67. The van der Waals surface area contributed by atoms with Crippen molar-refractivity contribution in [1.29, 1.82) is 0 Å². The molecule has 1 fully saturated rings. The fourth-order valence-corrected chi connectivity index (χ4v) is 2.67. The molecule has 1 aliphatic carbocycles. The molecule has 2 atom stereocenters. The molecule has 0 aliphatic heterocycles. The number of rotatable bonds is 5. The molecule has 1 saturated carbocycles. The van der Waals surface area contributed by atoms with Crippen LogP contribution in [0.2, 0.25) is 0 Å². The Kier molecular flexibility index (Phi) is 4.78. The van der Waals surface area contributed by atoms with Gasteiger partial charge in [-0.05, 0) is 32.6 Å². The predicted octanol–water partition coefficient (Wildman–Crippen LogP) is 2.15. The van der Waals surface area contributed by atoms with Crippen LogP contribution in [0.3, 0.4) is 0 Å². The quantitative estimate of drug-likeness (QED) is 0.781. The summed E-state index contributed by atoms with van der Waals surface area (Å²) in [5.41, 5.74) is 5.80. The Labute approximate surface area is 99.4 Å². The number of carbonyl (C=O) groups excluding carboxylic acids is 1. The third-order valence-electron chi connectivity index (χ3n) is 3.79. The van der Waals surface area contributed by atoms with Crippen LogP contribution in [0.4, 0.5) is 0 Å². The molecule has 3 nitrogen and oxygen atoms in total. The van der Waals surface area contributed by atoms with Gasteiger partial charge in [-0.1, -0.05) is 20.3 Å². The third kappa shape index (κ3) is 2.57. The molecule has 0 bridgehead atoms. The van der Waals surface area contributed by atoms with E-state index in [0.29, 0.717) is 0 Å². The highest BCUT2D eigenvalue weighted by Crippen LogP contribution is 2.38. The maximum atomic E-state index is 12.5. The molecular weight excluding hydrogens is 200 g/mol. The van der Waals surface area contributed by atoms with E-state index < -0.39 is 0 Å². The second-order valence-electron chi connectivity index (χ2n) is 5.21. The van der Waals surface area contributed by atoms with Gasteiger partial charge in [0, 0.05) is 19.1 Å². The molecule has 0 spiro atoms. The van der Waals surface area contributed by atoms with Crippen molar-refractivity contribution in [3.63, 3.8) is 0 Å². The lowest BCUT2D eigenvalue weighted by Gasteiger charge is -2.34. The summed E-state index contributed by atoms with van der Waals surface area (Å²) in [5.74, 6) is 0.279. The number of carbonyl (C=O) groups is 1. The first-order chi connectivity index (χ1) is 7.56. The molecule has 1 amide bonds. The highest BCUT2D eigenvalue weighted by Gasteiger charge is 2.44. The van der Waals surface area contributed by atoms with E-state index in [-0.39, 0.29) is 17.4 Å². The highest BCUT2D eigenvalue weighted by atomic mass is 16.2. The van der Waals surface area contributed by atoms with Gasteiger partial charge in [-0.2, -0.15) is 0 Å². The molecular formula is C13H26N2O. The minimum atomic E-state index is -0.301. The molecule has 1 aliphatic rings. The largest absolute Gasteiger partial charge is 0.342 e. The molecule has 0 heterocycles. The molecule has 0 aromatic carbocycles. The minimum Gasteiger partial charge on any atom is -0.342 e. The van der Waals surface area contributed by atoms with Crippen molar-refractivity contribution >= 4 is 5.91 Å². The number of amides is 1. The molecule has 3 heteroatoms. The zero-order valence-electron chi connectivity index (χ0n) is 11.0. The summed E-state index contributed by atoms with van der Waals surface area (Å²) in [6.07, 6.45) is 5.09. The van der Waals surface area contributed by atoms with E-state index in [2.05, 4.69) is 13.8 Å². The van der Waals surface area contributed by atoms with E-state index in [1.165, 1.54) is 0 Å². The van der Waals surface area contributed by atoms with Crippen LogP contribution >= 0.6 is 0 Å². The van der Waals surface area contributed by atoms with E-state index >= 15 is 0 Å². The van der Waals surface area contributed by atoms with Crippen molar-refractivity contribution in [3.05, 3.63) is 0 Å². The van der Waals surface area contributed by atoms with Crippen molar-refractivity contribution in [2.24, 2.45) is 11.1 Å². The van der Waals surface area contributed by atoms with Crippen molar-refractivity contribution in [1.82, 2.24) is 4.90 Å². The molecule has 1 rings (SSSR count). The van der Waals surface area contributed by atoms with Crippen molar-refractivity contribution in [2.45, 2.75) is 58.9 Å². The molecule has 0 saturated heterocycles. The van der Waals surface area contributed by atoms with Gasteiger partial charge in [0.1, 0.15) is 0 Å². The van der Waals surface area contributed by atoms with Crippen LogP contribution in [0.25, 0.3) is 0 Å². The fourth-order valence-electron chi connectivity index (χ4n) is 2.67. The first-order valence-electron chi connectivity index (χ1n) is 6.61. The SMILES string of the molecule is CCCN(CCC)C(=O)C1(C)CCCC1N. The van der Waals surface area contributed by atoms with E-state index in [4.69, 9.17) is 5.73 Å². The molecule has 0 aromatic rings. The standard InChI is InChI=1S/C13H26N2O/c1-4-9-15(10-5-2)12(16)13(3)8-6-7-11(13)14/h11H,4-10,14H2,1-3H3. The number of hydrogen-bond acceptors (Lipinski definition) is 2. The smallest absolute Gasteiger partial charge is 0.230 e. The van der Waals surface area contributed by atoms with Gasteiger partial charge in [-0.15, -0.1) is 0 Å². The molecule has 2 N–H and O–H groups in total. The Balaban J connectivity index is 2.72. The molecule has 94 valence electrons. The Hall–Kier alpha value is -0.570. The number of nitrogens with zero attached hydrogens (tertiary/aromatic N) is 1. The summed E-state index contributed by atoms with van der Waals surface area (Å²) in [4.78, 5) is 14.5. The van der Waals surface area contributed by atoms with Gasteiger partial charge in [-0.3, -0.25) is 4.79 Å². The summed E-state index contributed by atoms with van der Waals surface area (Å²) in [6, 6.07) is 0.0520. The first kappa shape index (κ1) is 13.5. The summed E-state index contributed by atoms with van der Waals surface area (Å²) >= 11 is 0. The highest BCUT2D eigenvalue weighted by molar-refractivity contribution is 5.83. The van der Waals surface area contributed by atoms with Gasteiger partial charge in [0.25, 0.3) is 0 Å². The lowest BCUT2D eigenvalue weighted by atomic mass is 9.83. The Morgan fingerprint density at radius 2 is 1.94 bits per heavy atom. The van der Waals surface area contributed by atoms with Crippen LogP contribution in [-0.2, 0) is 4.79 Å². The van der Waals surface area contributed by atoms with Gasteiger partial charge in [0.05, 0.1) is 5.41 Å². The number of nitrogens with two attached hydrogens (primary N) is 1. The topological polar surface area (TPSA) is 46.3 Å². The van der Waals surface area contributed by atoms with Crippen molar-refractivity contribution in [3.8, 4) is 0 Å². The van der Waals surface area contributed by atoms with Gasteiger partial charge >= 0.3 is 0 Å². The van der Waals surface area contributed by atoms with Gasteiger partial charge < -0.3 is 10.6 Å². The molecule has 2 unspecified atom stereocenters. The minimum absolute atomic E-state index is 0.0520. The number of hydrogen-bond donors (Lipinski definition) is 1. The van der Waals surface area contributed by atoms with E-state index in [1.54, 1.807) is 0 Å². The van der Waals surface area contributed by atoms with E-state index in [1.807, 2.05) is 11.8 Å². The normalized spacial score (nSPS) is 29.4. The van der Waals surface area contributed by atoms with Crippen molar-refractivity contribution in [2.75, 3.05) is 13.1 Å². The Morgan fingerprint density at radius 3 is 2.31 bits per heavy atom. The maximum absolute atomic E-state index is 12.5. The van der Waals surface area contributed by atoms with Crippen LogP contribution in [0, 0.1) is 5.41 Å². The van der Waals surface area contributed by atoms with Gasteiger partial charge in [0.2, 0.25) is 5.91 Å². The first-order valence-corrected chi connectivity index (χ1v) is 6.61. The lowest BCUT2D eigenvalue weighted by molar-refractivity contribution is -0.141. The monoisotopic (exact) mass is 226 g/mol. The van der Waals surface area contributed by atoms with E-state index in [0.717, 1.165) is 45.2 Å². The molecule has 16 heavy (non-hydrogen) atoms. The summed E-state index contributed by atoms with van der Waals surface area (Å²) in [7, 11) is 0.